The zero-order chi connectivity index (χ0) is 11.7. The van der Waals surface area contributed by atoms with Crippen molar-refractivity contribution in [1.82, 2.24) is 10.2 Å². The first-order chi connectivity index (χ1) is 7.06. The summed E-state index contributed by atoms with van der Waals surface area (Å²) >= 11 is 0. The van der Waals surface area contributed by atoms with Crippen molar-refractivity contribution >= 4 is 11.9 Å². The molecule has 0 aliphatic rings. The summed E-state index contributed by atoms with van der Waals surface area (Å²) in [6, 6.07) is 0. The van der Waals surface area contributed by atoms with Gasteiger partial charge in [0.1, 0.15) is 0 Å². The summed E-state index contributed by atoms with van der Waals surface area (Å²) in [5.74, 6) is -2.11. The maximum Gasteiger partial charge on any atom is 0.317 e. The van der Waals surface area contributed by atoms with Crippen LogP contribution >= 0.6 is 0 Å². The monoisotopic (exact) mass is 220 g/mol. The lowest BCUT2D eigenvalue weighted by Crippen LogP contribution is -2.39. The van der Waals surface area contributed by atoms with Gasteiger partial charge >= 0.3 is 11.9 Å². The Hall–Kier alpha value is -1.18. The Balaban J connectivity index is 3.79. The Bertz CT molecular complexity index is 193. The molecule has 88 valence electrons. The van der Waals surface area contributed by atoms with Crippen LogP contribution in [0, 0.1) is 0 Å². The molecule has 0 radical (unpaired) electrons. The SMILES string of the molecule is O=C(O)CN(CCNCCO)CC(=O)O. The van der Waals surface area contributed by atoms with E-state index in [-0.39, 0.29) is 19.7 Å². The van der Waals surface area contributed by atoms with Crippen molar-refractivity contribution in [3.8, 4) is 0 Å². The lowest BCUT2D eigenvalue weighted by molar-refractivity contribution is -0.141. The van der Waals surface area contributed by atoms with E-state index in [0.29, 0.717) is 19.6 Å². The van der Waals surface area contributed by atoms with Gasteiger partial charge in [0.25, 0.3) is 0 Å². The number of hydrogen-bond acceptors (Lipinski definition) is 5. The number of carbonyl (C=O) groups is 2. The van der Waals surface area contributed by atoms with Crippen LogP contribution in [0.5, 0.6) is 0 Å². The molecule has 0 spiro atoms. The highest BCUT2D eigenvalue weighted by atomic mass is 16.4. The third kappa shape index (κ3) is 9.13. The quantitative estimate of drug-likeness (QED) is 0.334. The van der Waals surface area contributed by atoms with Gasteiger partial charge in [0.15, 0.2) is 0 Å². The van der Waals surface area contributed by atoms with Gasteiger partial charge in [-0.3, -0.25) is 14.5 Å². The molecule has 0 rings (SSSR count). The predicted octanol–water partition coefficient (Wildman–Crippen LogP) is -1.96. The summed E-state index contributed by atoms with van der Waals surface area (Å²) < 4.78 is 0. The summed E-state index contributed by atoms with van der Waals surface area (Å²) in [5.41, 5.74) is 0. The van der Waals surface area contributed by atoms with Gasteiger partial charge in [0.05, 0.1) is 19.7 Å². The largest absolute Gasteiger partial charge is 0.480 e. The fourth-order valence-corrected chi connectivity index (χ4v) is 1.04. The molecule has 15 heavy (non-hydrogen) atoms. The van der Waals surface area contributed by atoms with E-state index in [1.165, 1.54) is 4.90 Å². The van der Waals surface area contributed by atoms with Crippen LogP contribution in [-0.4, -0.2) is 71.5 Å². The van der Waals surface area contributed by atoms with E-state index in [2.05, 4.69) is 5.32 Å². The van der Waals surface area contributed by atoms with E-state index in [9.17, 15) is 9.59 Å². The number of aliphatic hydroxyl groups excluding tert-OH is 1. The summed E-state index contributed by atoms with van der Waals surface area (Å²) in [4.78, 5) is 22.1. The summed E-state index contributed by atoms with van der Waals surface area (Å²) in [7, 11) is 0. The molecule has 0 bridgehead atoms. The second kappa shape index (κ2) is 8.16. The van der Waals surface area contributed by atoms with Crippen LogP contribution in [0.3, 0.4) is 0 Å². The molecule has 0 unspecified atom stereocenters. The molecule has 0 aromatic carbocycles. The molecular formula is C8H16N2O5. The molecule has 0 aliphatic heterocycles. The van der Waals surface area contributed by atoms with Crippen molar-refractivity contribution in [3.63, 3.8) is 0 Å². The van der Waals surface area contributed by atoms with E-state index < -0.39 is 11.9 Å². The number of aliphatic carboxylic acids is 2. The average Bonchev–Trinajstić information content (AvgIpc) is 2.10. The van der Waals surface area contributed by atoms with Crippen LogP contribution in [0.1, 0.15) is 0 Å². The molecule has 0 fully saturated rings. The maximum absolute atomic E-state index is 10.4. The molecule has 7 heteroatoms. The molecule has 0 aromatic heterocycles. The highest BCUT2D eigenvalue weighted by Crippen LogP contribution is 1.87. The average molecular weight is 220 g/mol. The van der Waals surface area contributed by atoms with Gasteiger partial charge in [-0.1, -0.05) is 0 Å². The lowest BCUT2D eigenvalue weighted by Gasteiger charge is -2.17. The summed E-state index contributed by atoms with van der Waals surface area (Å²) in [5, 5.41) is 28.3. The van der Waals surface area contributed by atoms with Gasteiger partial charge in [-0.25, -0.2) is 0 Å². The number of nitrogens with one attached hydrogen (secondary N) is 1. The minimum Gasteiger partial charge on any atom is -0.480 e. The van der Waals surface area contributed by atoms with Crippen LogP contribution in [0.2, 0.25) is 0 Å². The van der Waals surface area contributed by atoms with Gasteiger partial charge < -0.3 is 20.6 Å². The van der Waals surface area contributed by atoms with E-state index >= 15 is 0 Å². The topological polar surface area (TPSA) is 110 Å². The second-order valence-electron chi connectivity index (χ2n) is 2.97. The normalized spacial score (nSPS) is 10.5. The van der Waals surface area contributed by atoms with Crippen molar-refractivity contribution in [2.24, 2.45) is 0 Å². The molecular weight excluding hydrogens is 204 g/mol. The Kier molecular flexibility index (Phi) is 7.51. The van der Waals surface area contributed by atoms with Crippen LogP contribution in [0.15, 0.2) is 0 Å². The van der Waals surface area contributed by atoms with Gasteiger partial charge in [0.2, 0.25) is 0 Å². The van der Waals surface area contributed by atoms with Crippen molar-refractivity contribution in [2.45, 2.75) is 0 Å². The highest BCUT2D eigenvalue weighted by Gasteiger charge is 2.12. The number of carboxylic acid groups (broad SMARTS) is 2. The van der Waals surface area contributed by atoms with Crippen molar-refractivity contribution in [1.29, 1.82) is 0 Å². The second-order valence-corrected chi connectivity index (χ2v) is 2.97. The van der Waals surface area contributed by atoms with E-state index in [1.54, 1.807) is 0 Å². The molecule has 7 nitrogen and oxygen atoms in total. The molecule has 0 amide bonds. The van der Waals surface area contributed by atoms with Crippen molar-refractivity contribution in [3.05, 3.63) is 0 Å². The standard InChI is InChI=1S/C8H16N2O5/c11-4-2-9-1-3-10(5-7(12)13)6-8(14)15/h9,11H,1-6H2,(H,12,13)(H,14,15). The highest BCUT2D eigenvalue weighted by molar-refractivity contribution is 5.72. The number of nitrogens with zero attached hydrogens (tertiary/aromatic N) is 1. The minimum absolute atomic E-state index is 0.00212. The number of rotatable bonds is 9. The van der Waals surface area contributed by atoms with Crippen LogP contribution in [-0.2, 0) is 9.59 Å². The molecule has 0 heterocycles. The van der Waals surface area contributed by atoms with Crippen LogP contribution in [0.25, 0.3) is 0 Å². The third-order valence-electron chi connectivity index (χ3n) is 1.61. The Morgan fingerprint density at radius 2 is 1.60 bits per heavy atom. The lowest BCUT2D eigenvalue weighted by atomic mass is 10.4. The summed E-state index contributed by atoms with van der Waals surface area (Å²) in [6.07, 6.45) is 0. The van der Waals surface area contributed by atoms with E-state index in [4.69, 9.17) is 15.3 Å². The maximum atomic E-state index is 10.4. The van der Waals surface area contributed by atoms with Gasteiger partial charge in [-0.2, -0.15) is 0 Å². The smallest absolute Gasteiger partial charge is 0.317 e. The van der Waals surface area contributed by atoms with Crippen LogP contribution in [0.4, 0.5) is 0 Å². The Morgan fingerprint density at radius 1 is 1.07 bits per heavy atom. The van der Waals surface area contributed by atoms with Gasteiger partial charge in [-0.05, 0) is 0 Å². The van der Waals surface area contributed by atoms with Crippen LogP contribution < -0.4 is 5.32 Å². The first kappa shape index (κ1) is 13.8. The molecule has 0 aliphatic carbocycles. The minimum atomic E-state index is -1.06. The zero-order valence-electron chi connectivity index (χ0n) is 8.35. The molecule has 0 atom stereocenters. The Morgan fingerprint density at radius 3 is 2.00 bits per heavy atom. The zero-order valence-corrected chi connectivity index (χ0v) is 8.35. The van der Waals surface area contributed by atoms with Crippen molar-refractivity contribution in [2.75, 3.05) is 39.3 Å². The molecule has 0 saturated heterocycles. The fraction of sp³-hybridized carbons (Fsp3) is 0.750. The van der Waals surface area contributed by atoms with E-state index in [0.717, 1.165) is 0 Å². The molecule has 0 saturated carbocycles. The van der Waals surface area contributed by atoms with E-state index in [1.807, 2.05) is 0 Å². The van der Waals surface area contributed by atoms with Gasteiger partial charge in [-0.15, -0.1) is 0 Å². The Labute approximate surface area is 87.3 Å². The third-order valence-corrected chi connectivity index (χ3v) is 1.61. The molecule has 4 N–H and O–H groups in total. The fourth-order valence-electron chi connectivity index (χ4n) is 1.04. The number of carboxylic acids is 2. The van der Waals surface area contributed by atoms with Crippen molar-refractivity contribution < 1.29 is 24.9 Å². The molecule has 0 aromatic rings. The number of aliphatic hydroxyl groups is 1. The van der Waals surface area contributed by atoms with Gasteiger partial charge in [0, 0.05) is 19.6 Å². The number of hydrogen-bond donors (Lipinski definition) is 4. The first-order valence-electron chi connectivity index (χ1n) is 4.53. The first-order valence-corrected chi connectivity index (χ1v) is 4.53. The summed E-state index contributed by atoms with van der Waals surface area (Å²) in [6.45, 7) is 0.575. The predicted molar refractivity (Wildman–Crippen MR) is 51.7 cm³/mol.